The molecule has 792 valence electrons. The van der Waals surface area contributed by atoms with Gasteiger partial charge in [-0.1, -0.05) is 155 Å². The number of fused-ring (bicyclic) bond motifs is 12. The highest BCUT2D eigenvalue weighted by Gasteiger charge is 2.74. The zero-order valence-electron chi connectivity index (χ0n) is 91.3. The van der Waals surface area contributed by atoms with Crippen LogP contribution in [0.5, 0.6) is 0 Å². The van der Waals surface area contributed by atoms with E-state index in [1.54, 1.807) is 55.4 Å². The van der Waals surface area contributed by atoms with Crippen LogP contribution in [0.4, 0.5) is 0 Å². The summed E-state index contributed by atoms with van der Waals surface area (Å²) in [7, 11) is 0. The maximum atomic E-state index is 13.2. The highest BCUT2D eigenvalue weighted by atomic mass is 16.4. The molecule has 0 aromatic heterocycles. The molecule has 0 aromatic carbocycles. The second kappa shape index (κ2) is 40.3. The van der Waals surface area contributed by atoms with Crippen LogP contribution >= 0.6 is 0 Å². The van der Waals surface area contributed by atoms with Crippen LogP contribution in [0.1, 0.15) is 449 Å². The van der Waals surface area contributed by atoms with Gasteiger partial charge >= 0.3 is 23.9 Å². The van der Waals surface area contributed by atoms with Crippen LogP contribution in [0, 0.1) is 160 Å². The molecule has 28 atom stereocenters. The van der Waals surface area contributed by atoms with Crippen LogP contribution in [-0.2, 0) is 38.4 Å². The summed E-state index contributed by atoms with van der Waals surface area (Å²) in [5.74, 6) is 1.36. The molecule has 0 heterocycles. The van der Waals surface area contributed by atoms with Crippen molar-refractivity contribution in [1.82, 2.24) is 0 Å². The van der Waals surface area contributed by atoms with Crippen LogP contribution in [0.15, 0.2) is 44.6 Å². The Labute approximate surface area is 841 Å². The first-order chi connectivity index (χ1) is 64.6. The Hall–Kier alpha value is -4.80. The third kappa shape index (κ3) is 19.3. The first-order valence-corrected chi connectivity index (χ1v) is 56.2. The Bertz CT molecular complexity index is 4160. The van der Waals surface area contributed by atoms with Gasteiger partial charge in [0.25, 0.3) is 0 Å². The Morgan fingerprint density at radius 2 is 0.436 bits per heavy atom. The summed E-state index contributed by atoms with van der Waals surface area (Å²) >= 11 is 0. The van der Waals surface area contributed by atoms with Gasteiger partial charge < -0.3 is 61.3 Å². The average molecular weight is 1950 g/mol. The minimum atomic E-state index is -1.31. The van der Waals surface area contributed by atoms with Gasteiger partial charge in [-0.25, -0.2) is 0 Å². The normalized spacial score (nSPS) is 39.8. The van der Waals surface area contributed by atoms with Gasteiger partial charge in [-0.05, 0) is 429 Å². The van der Waals surface area contributed by atoms with E-state index in [4.69, 9.17) is 0 Å². The Balaban J connectivity index is 0.000000157. The number of ketones is 4. The molecule has 20 nitrogen and oxygen atoms in total. The topological polar surface area (TPSA) is 379 Å². The number of carboxylic acid groups (broad SMARTS) is 4. The predicted octanol–water partition coefficient (Wildman–Crippen LogP) is 23.7. The second-order valence-electron chi connectivity index (χ2n) is 55.4. The monoisotopic (exact) mass is 1950 g/mol. The molecule has 0 aromatic rings. The number of hydrogen-bond donors (Lipinski definition) is 12. The smallest absolute Gasteiger partial charge is 0.310 e. The first-order valence-electron chi connectivity index (χ1n) is 56.2. The number of aliphatic carboxylic acids is 4. The minimum Gasteiger partial charge on any atom is -0.481 e. The Morgan fingerprint density at radius 1 is 0.264 bits per heavy atom. The molecule has 0 aliphatic heterocycles. The molecule has 8 fully saturated rings. The Kier molecular flexibility index (Phi) is 32.3. The quantitative estimate of drug-likeness (QED) is 0.0399. The fraction of sp³-hybridized carbons (Fsp3) is 0.867. The van der Waals surface area contributed by atoms with Crippen LogP contribution in [0.25, 0.3) is 0 Å². The molecule has 140 heavy (non-hydrogen) atoms. The van der Waals surface area contributed by atoms with Gasteiger partial charge in [-0.15, -0.1) is 0 Å². The van der Waals surface area contributed by atoms with E-state index >= 15 is 0 Å². The van der Waals surface area contributed by atoms with Crippen molar-refractivity contribution in [2.24, 2.45) is 160 Å². The number of carboxylic acids is 4. The molecule has 0 bridgehead atoms. The molecule has 16 aliphatic rings. The molecule has 0 unspecified atom stereocenters. The van der Waals surface area contributed by atoms with Crippen molar-refractivity contribution in [1.29, 1.82) is 0 Å². The molecule has 0 spiro atoms. The van der Waals surface area contributed by atoms with Gasteiger partial charge in [0.15, 0.2) is 23.1 Å². The molecule has 0 radical (unpaired) electrons. The summed E-state index contributed by atoms with van der Waals surface area (Å²) in [6, 6.07) is 0. The van der Waals surface area contributed by atoms with Gasteiger partial charge in [-0.2, -0.15) is 0 Å². The SMILES string of the molecule is C[C@H](CCC(=O)C(C)(C)O)[C@H]1CC[C@@]2(C(=O)O)[C@@H]3CCC4=C(CC[C@@H](O)C4(C)C)C[C@H]3CC[C@]12C.C[C@H](CCC(=O)C(C)(C)O)[C@H]1CC[C@@]2(C(=O)O)[C@@H]3CCC4=C(CC[C@@H](O)C4(C)C)C[C@H]3CC[C@]12C.C[C@H](CCC(=O)C(C)(C)O)[C@H]1CC[C@@]2(C(=O)O)[C@@H]3CCC4=C(CC[C@@H](O)C4(C)C)C[C@H]3CC[C@]12C.C[C@H](CCC(=O)C(C)(C)O)[C@H]1CC[C@@]2(C(=O)O)[C@@H]3CCC4=C(CC[C@@H](O)C4(C)C)C[C@H]3CC[C@]12C. The van der Waals surface area contributed by atoms with Crippen molar-refractivity contribution in [2.45, 2.75) is 496 Å². The van der Waals surface area contributed by atoms with Crippen molar-refractivity contribution >= 4 is 47.0 Å². The molecule has 0 amide bonds. The number of aliphatic hydroxyl groups excluding tert-OH is 4. The lowest BCUT2D eigenvalue weighted by atomic mass is 9.47. The number of allylic oxidation sites excluding steroid dienone is 4. The number of rotatable bonds is 24. The molecular formula is C120H192O20. The van der Waals surface area contributed by atoms with E-state index < -0.39 is 67.9 Å². The van der Waals surface area contributed by atoms with E-state index in [0.29, 0.717) is 75.0 Å². The molecule has 20 heteroatoms. The molecule has 12 N–H and O–H groups in total. The number of carbonyl (C=O) groups is 8. The predicted molar refractivity (Wildman–Crippen MR) is 547 cm³/mol. The lowest BCUT2D eigenvalue weighted by Gasteiger charge is -2.55. The van der Waals surface area contributed by atoms with E-state index in [1.165, 1.54) is 44.6 Å². The number of hydrogen-bond acceptors (Lipinski definition) is 16. The standard InChI is InChI=1S/4C30H48O5/c4*1-18(7-11-25(32)28(4,5)35)21-14-16-30(26(33)34)23-10-9-22-19(8-12-24(31)27(22,2)3)17-20(23)13-15-29(21,30)6/h4*18,20-21,23-24,31,35H,7-17H2,1-6H3,(H,33,34)/t4*18-,20-,21-,23-,24-,29-,30+/m1111/s1. The lowest BCUT2D eigenvalue weighted by molar-refractivity contribution is -0.176. The van der Waals surface area contributed by atoms with Gasteiger partial charge in [0, 0.05) is 47.3 Å². The Morgan fingerprint density at radius 3 is 0.593 bits per heavy atom. The van der Waals surface area contributed by atoms with Crippen molar-refractivity contribution < 1.29 is 99.6 Å². The van der Waals surface area contributed by atoms with Crippen LogP contribution < -0.4 is 0 Å². The summed E-state index contributed by atoms with van der Waals surface area (Å²) in [4.78, 5) is 103. The highest BCUT2D eigenvalue weighted by molar-refractivity contribution is 5.88. The van der Waals surface area contributed by atoms with Gasteiger partial charge in [0.05, 0.1) is 46.1 Å². The summed E-state index contributed by atoms with van der Waals surface area (Å²) in [6.07, 6.45) is 35.8. The van der Waals surface area contributed by atoms with Gasteiger partial charge in [-0.3, -0.25) is 38.4 Å². The average Bonchev–Trinajstić information content (AvgIpc) is 1.54. The van der Waals surface area contributed by atoms with E-state index in [2.05, 4.69) is 111 Å². The maximum absolute atomic E-state index is 13.2. The fourth-order valence-corrected chi connectivity index (χ4v) is 37.0. The molecular weight excluding hydrogens is 1760 g/mol. The summed E-state index contributed by atoms with van der Waals surface area (Å²) < 4.78 is 0. The van der Waals surface area contributed by atoms with Crippen molar-refractivity contribution in [2.75, 3.05) is 0 Å². The first kappa shape index (κ1) is 112. The lowest BCUT2D eigenvalue weighted by Crippen LogP contribution is -2.55. The second-order valence-corrected chi connectivity index (χ2v) is 55.4. The number of Topliss-reactive ketones (excluding diaryl/α,β-unsaturated/α-hetero) is 4. The van der Waals surface area contributed by atoms with Gasteiger partial charge in [0.2, 0.25) is 0 Å². The fourth-order valence-electron chi connectivity index (χ4n) is 37.0. The largest absolute Gasteiger partial charge is 0.481 e. The van der Waals surface area contributed by atoms with E-state index in [9.17, 15) is 99.6 Å². The van der Waals surface area contributed by atoms with Crippen molar-refractivity contribution in [3.8, 4) is 0 Å². The van der Waals surface area contributed by atoms with Gasteiger partial charge in [0.1, 0.15) is 22.4 Å². The highest BCUT2D eigenvalue weighted by Crippen LogP contribution is 2.77. The van der Waals surface area contributed by atoms with Crippen molar-refractivity contribution in [3.63, 3.8) is 0 Å². The van der Waals surface area contributed by atoms with E-state index in [0.717, 1.165) is 231 Å². The minimum absolute atomic E-state index is 0.133. The van der Waals surface area contributed by atoms with E-state index in [-0.39, 0.29) is 162 Å². The number of aliphatic hydroxyl groups is 8. The zero-order valence-corrected chi connectivity index (χ0v) is 91.3. The third-order valence-electron chi connectivity index (χ3n) is 45.9. The molecule has 16 aliphatic carbocycles. The molecule has 8 saturated carbocycles. The summed E-state index contributed by atoms with van der Waals surface area (Å²) in [6.45, 7) is 47.5. The van der Waals surface area contributed by atoms with E-state index in [1.807, 2.05) is 0 Å². The number of carbonyl (C=O) groups excluding carboxylic acids is 4. The molecule has 0 saturated heterocycles. The third-order valence-corrected chi connectivity index (χ3v) is 45.9. The van der Waals surface area contributed by atoms with Crippen LogP contribution in [0.3, 0.4) is 0 Å². The van der Waals surface area contributed by atoms with Crippen LogP contribution in [0.2, 0.25) is 0 Å². The maximum Gasteiger partial charge on any atom is 0.310 e. The van der Waals surface area contributed by atoms with Crippen molar-refractivity contribution in [3.05, 3.63) is 44.6 Å². The summed E-state index contributed by atoms with van der Waals surface area (Å²) in [5, 5.41) is 127. The van der Waals surface area contributed by atoms with Crippen LogP contribution in [-0.4, -0.2) is 155 Å². The zero-order chi connectivity index (χ0) is 104. The summed E-state index contributed by atoms with van der Waals surface area (Å²) in [5.41, 5.74) is 1.52. The molecule has 16 rings (SSSR count).